The minimum atomic E-state index is 0.370. The molecule has 0 amide bonds. The number of benzene rings is 2. The SMILES string of the molecule is CC(C)CON=C(c1cnc2ccccc2c1)c1cccc(Cl)c1Cl. The molecule has 0 fully saturated rings. The molecule has 3 aromatic rings. The molecule has 2 aromatic carbocycles. The van der Waals surface area contributed by atoms with Crippen molar-refractivity contribution in [2.45, 2.75) is 13.8 Å². The highest BCUT2D eigenvalue weighted by molar-refractivity contribution is 6.44. The van der Waals surface area contributed by atoms with Crippen LogP contribution in [0.4, 0.5) is 0 Å². The highest BCUT2D eigenvalue weighted by Gasteiger charge is 2.15. The average molecular weight is 373 g/mol. The lowest BCUT2D eigenvalue weighted by atomic mass is 10.0. The van der Waals surface area contributed by atoms with Crippen molar-refractivity contribution in [1.29, 1.82) is 0 Å². The Morgan fingerprint density at radius 2 is 1.92 bits per heavy atom. The van der Waals surface area contributed by atoms with Crippen LogP contribution in [0.1, 0.15) is 25.0 Å². The van der Waals surface area contributed by atoms with Gasteiger partial charge in [-0.05, 0) is 24.1 Å². The summed E-state index contributed by atoms with van der Waals surface area (Å²) in [7, 11) is 0. The van der Waals surface area contributed by atoms with Crippen LogP contribution in [0, 0.1) is 5.92 Å². The van der Waals surface area contributed by atoms with Crippen molar-refractivity contribution in [3.63, 3.8) is 0 Å². The fourth-order valence-corrected chi connectivity index (χ4v) is 2.79. The van der Waals surface area contributed by atoms with Gasteiger partial charge in [-0.1, -0.05) is 72.5 Å². The van der Waals surface area contributed by atoms with Crippen molar-refractivity contribution in [2.75, 3.05) is 6.61 Å². The second-order valence-corrected chi connectivity index (χ2v) is 6.93. The van der Waals surface area contributed by atoms with E-state index in [0.29, 0.717) is 28.3 Å². The first-order valence-electron chi connectivity index (χ1n) is 8.05. The van der Waals surface area contributed by atoms with Crippen LogP contribution in [0.15, 0.2) is 59.9 Å². The van der Waals surface area contributed by atoms with Gasteiger partial charge in [-0.3, -0.25) is 4.98 Å². The summed E-state index contributed by atoms with van der Waals surface area (Å²) < 4.78 is 0. The van der Waals surface area contributed by atoms with E-state index in [9.17, 15) is 0 Å². The number of hydrogen-bond acceptors (Lipinski definition) is 3. The molecular weight excluding hydrogens is 355 g/mol. The van der Waals surface area contributed by atoms with Gasteiger partial charge in [0.25, 0.3) is 0 Å². The Labute approximate surface area is 157 Å². The molecule has 0 unspecified atom stereocenters. The zero-order valence-electron chi connectivity index (χ0n) is 14.0. The van der Waals surface area contributed by atoms with E-state index in [1.807, 2.05) is 42.5 Å². The van der Waals surface area contributed by atoms with Crippen molar-refractivity contribution in [1.82, 2.24) is 4.98 Å². The quantitative estimate of drug-likeness (QED) is 0.408. The molecule has 0 radical (unpaired) electrons. The van der Waals surface area contributed by atoms with E-state index in [1.165, 1.54) is 0 Å². The number of rotatable bonds is 5. The van der Waals surface area contributed by atoms with Crippen molar-refractivity contribution < 1.29 is 4.84 Å². The van der Waals surface area contributed by atoms with Crippen LogP contribution < -0.4 is 0 Å². The molecule has 3 nitrogen and oxygen atoms in total. The maximum Gasteiger partial charge on any atom is 0.120 e. The van der Waals surface area contributed by atoms with Crippen LogP contribution in [0.2, 0.25) is 10.0 Å². The number of oxime groups is 1. The normalized spacial score (nSPS) is 12.0. The highest BCUT2D eigenvalue weighted by Crippen LogP contribution is 2.28. The molecule has 0 atom stereocenters. The maximum absolute atomic E-state index is 6.41. The maximum atomic E-state index is 6.41. The fraction of sp³-hybridized carbons (Fsp3) is 0.200. The van der Waals surface area contributed by atoms with Crippen LogP contribution in [-0.2, 0) is 4.84 Å². The molecule has 3 rings (SSSR count). The summed E-state index contributed by atoms with van der Waals surface area (Å²) >= 11 is 12.6. The zero-order chi connectivity index (χ0) is 17.8. The smallest absolute Gasteiger partial charge is 0.120 e. The molecule has 0 saturated carbocycles. The second-order valence-electron chi connectivity index (χ2n) is 6.15. The first-order valence-corrected chi connectivity index (χ1v) is 8.81. The van der Waals surface area contributed by atoms with E-state index < -0.39 is 0 Å². The predicted octanol–water partition coefficient (Wildman–Crippen LogP) is 5.97. The lowest BCUT2D eigenvalue weighted by Gasteiger charge is -2.11. The summed E-state index contributed by atoms with van der Waals surface area (Å²) in [5.41, 5.74) is 3.08. The molecule has 5 heteroatoms. The summed E-state index contributed by atoms with van der Waals surface area (Å²) in [5, 5.41) is 6.29. The molecular formula is C20H18Cl2N2O. The van der Waals surface area contributed by atoms with E-state index in [0.717, 1.165) is 22.0 Å². The van der Waals surface area contributed by atoms with Gasteiger partial charge < -0.3 is 4.84 Å². The lowest BCUT2D eigenvalue weighted by molar-refractivity contribution is 0.118. The van der Waals surface area contributed by atoms with Gasteiger partial charge in [0.05, 0.1) is 15.6 Å². The van der Waals surface area contributed by atoms with Crippen LogP contribution in [-0.4, -0.2) is 17.3 Å². The molecule has 0 aliphatic heterocycles. The highest BCUT2D eigenvalue weighted by atomic mass is 35.5. The summed E-state index contributed by atoms with van der Waals surface area (Å²) in [6, 6.07) is 15.4. The number of aromatic nitrogens is 1. The second kappa shape index (κ2) is 7.85. The Morgan fingerprint density at radius 3 is 2.72 bits per heavy atom. The average Bonchev–Trinajstić information content (AvgIpc) is 2.61. The Hall–Kier alpha value is -2.10. The molecule has 128 valence electrons. The third kappa shape index (κ3) is 4.12. The van der Waals surface area contributed by atoms with E-state index in [1.54, 1.807) is 12.3 Å². The van der Waals surface area contributed by atoms with E-state index in [-0.39, 0.29) is 0 Å². The Kier molecular flexibility index (Phi) is 5.57. The first-order chi connectivity index (χ1) is 12.1. The van der Waals surface area contributed by atoms with Gasteiger partial charge >= 0.3 is 0 Å². The van der Waals surface area contributed by atoms with Gasteiger partial charge in [0.2, 0.25) is 0 Å². The summed E-state index contributed by atoms with van der Waals surface area (Å²) in [6.07, 6.45) is 1.77. The molecule has 1 aromatic heterocycles. The standard InChI is InChI=1S/C20H18Cl2N2O/c1-13(2)12-25-24-20(16-7-5-8-17(21)19(16)22)15-10-14-6-3-4-9-18(14)23-11-15/h3-11,13H,12H2,1-2H3. The Bertz CT molecular complexity index is 922. The van der Waals surface area contributed by atoms with Crippen LogP contribution >= 0.6 is 23.2 Å². The van der Waals surface area contributed by atoms with Crippen molar-refractivity contribution in [3.8, 4) is 0 Å². The summed E-state index contributed by atoms with van der Waals surface area (Å²) in [4.78, 5) is 10.0. The zero-order valence-corrected chi connectivity index (χ0v) is 15.6. The molecule has 1 heterocycles. The fourth-order valence-electron chi connectivity index (χ4n) is 2.40. The largest absolute Gasteiger partial charge is 0.395 e. The van der Waals surface area contributed by atoms with Gasteiger partial charge in [-0.15, -0.1) is 0 Å². The third-order valence-corrected chi connectivity index (χ3v) is 4.45. The molecule has 25 heavy (non-hydrogen) atoms. The molecule has 0 bridgehead atoms. The number of fused-ring (bicyclic) bond motifs is 1. The van der Waals surface area contributed by atoms with Crippen molar-refractivity contribution in [3.05, 3.63) is 75.9 Å². The molecule has 0 spiro atoms. The number of halogens is 2. The minimum Gasteiger partial charge on any atom is -0.395 e. The van der Waals surface area contributed by atoms with Gasteiger partial charge in [0.15, 0.2) is 0 Å². The van der Waals surface area contributed by atoms with E-state index in [4.69, 9.17) is 28.0 Å². The van der Waals surface area contributed by atoms with Crippen LogP contribution in [0.5, 0.6) is 0 Å². The van der Waals surface area contributed by atoms with Gasteiger partial charge in [-0.25, -0.2) is 0 Å². The van der Waals surface area contributed by atoms with E-state index >= 15 is 0 Å². The van der Waals surface area contributed by atoms with Crippen LogP contribution in [0.25, 0.3) is 10.9 Å². The number of nitrogens with zero attached hydrogens (tertiary/aromatic N) is 2. The van der Waals surface area contributed by atoms with Crippen molar-refractivity contribution >= 4 is 39.8 Å². The Morgan fingerprint density at radius 1 is 1.12 bits per heavy atom. The van der Waals surface area contributed by atoms with E-state index in [2.05, 4.69) is 24.0 Å². The van der Waals surface area contributed by atoms with Gasteiger partial charge in [0.1, 0.15) is 12.3 Å². The number of para-hydroxylation sites is 1. The van der Waals surface area contributed by atoms with Crippen LogP contribution in [0.3, 0.4) is 0 Å². The molecule has 0 aliphatic rings. The molecule has 0 N–H and O–H groups in total. The topological polar surface area (TPSA) is 34.5 Å². The first kappa shape index (κ1) is 17.7. The number of hydrogen-bond donors (Lipinski definition) is 0. The number of pyridine rings is 1. The summed E-state index contributed by atoms with van der Waals surface area (Å²) in [5.74, 6) is 0.370. The van der Waals surface area contributed by atoms with Gasteiger partial charge in [-0.2, -0.15) is 0 Å². The molecule has 0 saturated heterocycles. The lowest BCUT2D eigenvalue weighted by Crippen LogP contribution is -2.08. The molecule has 0 aliphatic carbocycles. The minimum absolute atomic E-state index is 0.370. The summed E-state index contributed by atoms with van der Waals surface area (Å²) in [6.45, 7) is 4.65. The third-order valence-electron chi connectivity index (χ3n) is 3.63. The van der Waals surface area contributed by atoms with Crippen molar-refractivity contribution in [2.24, 2.45) is 11.1 Å². The predicted molar refractivity (Wildman–Crippen MR) is 105 cm³/mol. The monoisotopic (exact) mass is 372 g/mol. The Balaban J connectivity index is 2.10. The van der Waals surface area contributed by atoms with Gasteiger partial charge in [0, 0.05) is 22.7 Å².